The zero-order valence-corrected chi connectivity index (χ0v) is 11.6. The van der Waals surface area contributed by atoms with Crippen LogP contribution in [0.15, 0.2) is 12.3 Å². The summed E-state index contributed by atoms with van der Waals surface area (Å²) in [6.45, 7) is 0.171. The molecule has 0 aliphatic carbocycles. The van der Waals surface area contributed by atoms with Gasteiger partial charge in [-0.2, -0.15) is 13.2 Å². The molecule has 2 atom stereocenters. The fraction of sp³-hybridized carbons (Fsp3) is 0.583. The van der Waals surface area contributed by atoms with Gasteiger partial charge in [0.15, 0.2) is 0 Å². The van der Waals surface area contributed by atoms with E-state index in [4.69, 9.17) is 11.6 Å². The lowest BCUT2D eigenvalue weighted by molar-refractivity contribution is -0.188. The third kappa shape index (κ3) is 3.46. The van der Waals surface area contributed by atoms with Crippen LogP contribution in [0.5, 0.6) is 0 Å². The van der Waals surface area contributed by atoms with Gasteiger partial charge in [-0.15, -0.1) is 0 Å². The molecule has 1 saturated heterocycles. The van der Waals surface area contributed by atoms with Crippen molar-refractivity contribution in [3.05, 3.63) is 23.0 Å². The predicted octanol–water partition coefficient (Wildman–Crippen LogP) is 2.42. The van der Waals surface area contributed by atoms with Gasteiger partial charge in [0.05, 0.1) is 5.02 Å². The van der Waals surface area contributed by atoms with Gasteiger partial charge in [0.2, 0.25) is 0 Å². The van der Waals surface area contributed by atoms with Crippen molar-refractivity contribution in [3.8, 4) is 0 Å². The first kappa shape index (κ1) is 15.2. The summed E-state index contributed by atoms with van der Waals surface area (Å²) in [6.07, 6.45) is -2.47. The van der Waals surface area contributed by atoms with Gasteiger partial charge in [-0.3, -0.25) is 9.69 Å². The predicted molar refractivity (Wildman–Crippen MR) is 68.8 cm³/mol. The summed E-state index contributed by atoms with van der Waals surface area (Å²) in [4.78, 5) is 15.8. The lowest BCUT2D eigenvalue weighted by atomic mass is 9.98. The molecule has 2 heterocycles. The van der Waals surface area contributed by atoms with E-state index in [0.29, 0.717) is 17.1 Å². The van der Waals surface area contributed by atoms with Crippen LogP contribution in [0.2, 0.25) is 5.02 Å². The molecule has 2 unspecified atom stereocenters. The number of likely N-dealkylation sites (tertiary alicyclic amines) is 1. The number of aromatic amines is 1. The van der Waals surface area contributed by atoms with Gasteiger partial charge in [-0.1, -0.05) is 11.6 Å². The standard InChI is InChI=1S/C12H15ClF3N3O/c1-19-6-8(2-3-10(19)12(14,15)16)18-11(20)9-4-7(13)5-17-9/h4-5,8,10,17H,2-3,6H2,1H3,(H,18,20). The highest BCUT2D eigenvalue weighted by Gasteiger charge is 2.44. The van der Waals surface area contributed by atoms with E-state index in [0.717, 1.165) is 0 Å². The molecule has 0 aromatic carbocycles. The molecule has 0 radical (unpaired) electrons. The van der Waals surface area contributed by atoms with Crippen molar-refractivity contribution in [1.82, 2.24) is 15.2 Å². The van der Waals surface area contributed by atoms with Crippen molar-refractivity contribution >= 4 is 17.5 Å². The summed E-state index contributed by atoms with van der Waals surface area (Å²) in [5, 5.41) is 3.12. The number of piperidine rings is 1. The molecule has 1 amide bonds. The molecule has 112 valence electrons. The highest BCUT2D eigenvalue weighted by atomic mass is 35.5. The minimum Gasteiger partial charge on any atom is -0.356 e. The first-order chi connectivity index (χ1) is 9.27. The van der Waals surface area contributed by atoms with Crippen LogP contribution in [-0.2, 0) is 0 Å². The Kier molecular flexibility index (Phi) is 4.29. The number of alkyl halides is 3. The van der Waals surface area contributed by atoms with Gasteiger partial charge in [-0.25, -0.2) is 0 Å². The van der Waals surface area contributed by atoms with E-state index in [2.05, 4.69) is 10.3 Å². The van der Waals surface area contributed by atoms with Crippen molar-refractivity contribution in [2.45, 2.75) is 31.1 Å². The molecular weight excluding hydrogens is 295 g/mol. The molecule has 1 aliphatic rings. The third-order valence-corrected chi connectivity index (χ3v) is 3.65. The zero-order chi connectivity index (χ0) is 14.9. The number of halogens is 4. The Labute approximate surface area is 119 Å². The maximum Gasteiger partial charge on any atom is 0.404 e. The van der Waals surface area contributed by atoms with Crippen LogP contribution in [0.4, 0.5) is 13.2 Å². The van der Waals surface area contributed by atoms with E-state index in [1.54, 1.807) is 0 Å². The second kappa shape index (κ2) is 5.65. The lowest BCUT2D eigenvalue weighted by Crippen LogP contribution is -2.54. The summed E-state index contributed by atoms with van der Waals surface area (Å²) in [6, 6.07) is -0.258. The van der Waals surface area contributed by atoms with Crippen molar-refractivity contribution in [1.29, 1.82) is 0 Å². The SMILES string of the molecule is CN1CC(NC(=O)c2cc(Cl)c[nH]2)CCC1C(F)(F)F. The van der Waals surface area contributed by atoms with Gasteiger partial charge in [0.25, 0.3) is 5.91 Å². The fourth-order valence-corrected chi connectivity index (χ4v) is 2.60. The maximum atomic E-state index is 12.7. The number of carbonyl (C=O) groups excluding carboxylic acids is 1. The minimum atomic E-state index is -4.23. The Morgan fingerprint density at radius 1 is 1.50 bits per heavy atom. The molecule has 2 N–H and O–H groups in total. The van der Waals surface area contributed by atoms with E-state index in [-0.39, 0.29) is 24.9 Å². The van der Waals surface area contributed by atoms with Gasteiger partial charge in [0, 0.05) is 18.8 Å². The van der Waals surface area contributed by atoms with Crippen LogP contribution in [0.25, 0.3) is 0 Å². The number of amides is 1. The van der Waals surface area contributed by atoms with E-state index < -0.39 is 12.2 Å². The molecule has 4 nitrogen and oxygen atoms in total. The molecule has 1 fully saturated rings. The van der Waals surface area contributed by atoms with E-state index in [9.17, 15) is 18.0 Å². The third-order valence-electron chi connectivity index (χ3n) is 3.43. The van der Waals surface area contributed by atoms with E-state index in [1.165, 1.54) is 24.2 Å². The highest BCUT2D eigenvalue weighted by Crippen LogP contribution is 2.30. The Morgan fingerprint density at radius 3 is 2.70 bits per heavy atom. The topological polar surface area (TPSA) is 48.1 Å². The summed E-state index contributed by atoms with van der Waals surface area (Å²) in [7, 11) is 1.42. The average Bonchev–Trinajstić information content (AvgIpc) is 2.74. The van der Waals surface area contributed by atoms with E-state index >= 15 is 0 Å². The molecule has 1 aromatic rings. The molecule has 8 heteroatoms. The first-order valence-electron chi connectivity index (χ1n) is 6.19. The quantitative estimate of drug-likeness (QED) is 0.881. The van der Waals surface area contributed by atoms with Crippen molar-refractivity contribution in [2.75, 3.05) is 13.6 Å². The summed E-state index contributed by atoms with van der Waals surface area (Å²) in [5.41, 5.74) is 0.301. The molecule has 1 aromatic heterocycles. The fourth-order valence-electron chi connectivity index (χ4n) is 2.44. The smallest absolute Gasteiger partial charge is 0.356 e. The molecule has 1 aliphatic heterocycles. The number of nitrogens with one attached hydrogen (secondary N) is 2. The highest BCUT2D eigenvalue weighted by molar-refractivity contribution is 6.30. The molecule has 0 saturated carbocycles. The normalized spacial score (nSPS) is 24.6. The minimum absolute atomic E-state index is 0.0174. The Morgan fingerprint density at radius 2 is 2.20 bits per heavy atom. The van der Waals surface area contributed by atoms with Gasteiger partial charge >= 0.3 is 6.18 Å². The molecule has 2 rings (SSSR count). The summed E-state index contributed by atoms with van der Waals surface area (Å²) >= 11 is 5.70. The van der Waals surface area contributed by atoms with Gasteiger partial charge in [0.1, 0.15) is 11.7 Å². The largest absolute Gasteiger partial charge is 0.404 e. The molecule has 0 spiro atoms. The monoisotopic (exact) mass is 309 g/mol. The number of rotatable bonds is 2. The zero-order valence-electron chi connectivity index (χ0n) is 10.8. The van der Waals surface area contributed by atoms with Crippen molar-refractivity contribution < 1.29 is 18.0 Å². The number of aromatic nitrogens is 1. The number of carbonyl (C=O) groups is 1. The summed E-state index contributed by atoms with van der Waals surface area (Å²) in [5.74, 6) is -0.360. The van der Waals surface area contributed by atoms with Gasteiger partial charge in [-0.05, 0) is 26.0 Å². The van der Waals surface area contributed by atoms with Crippen LogP contribution >= 0.6 is 11.6 Å². The number of hydrogen-bond donors (Lipinski definition) is 2. The Hall–Kier alpha value is -1.21. The van der Waals surface area contributed by atoms with Crippen LogP contribution in [0.3, 0.4) is 0 Å². The maximum absolute atomic E-state index is 12.7. The van der Waals surface area contributed by atoms with E-state index in [1.807, 2.05) is 0 Å². The van der Waals surface area contributed by atoms with Crippen LogP contribution in [-0.4, -0.2) is 47.6 Å². The lowest BCUT2D eigenvalue weighted by Gasteiger charge is -2.38. The Balaban J connectivity index is 1.92. The number of likely N-dealkylation sites (N-methyl/N-ethyl adjacent to an activating group) is 1. The van der Waals surface area contributed by atoms with Crippen molar-refractivity contribution in [3.63, 3.8) is 0 Å². The van der Waals surface area contributed by atoms with Gasteiger partial charge < -0.3 is 10.3 Å². The van der Waals surface area contributed by atoms with Crippen LogP contribution in [0, 0.1) is 0 Å². The number of H-pyrrole nitrogens is 1. The second-order valence-corrected chi connectivity index (χ2v) is 5.41. The molecule has 20 heavy (non-hydrogen) atoms. The average molecular weight is 310 g/mol. The molecular formula is C12H15ClF3N3O. The summed E-state index contributed by atoms with van der Waals surface area (Å²) < 4.78 is 38.1. The van der Waals surface area contributed by atoms with Crippen LogP contribution in [0.1, 0.15) is 23.3 Å². The second-order valence-electron chi connectivity index (χ2n) is 4.98. The number of nitrogens with zero attached hydrogens (tertiary/aromatic N) is 1. The van der Waals surface area contributed by atoms with Crippen LogP contribution < -0.4 is 5.32 Å². The molecule has 0 bridgehead atoms. The Bertz CT molecular complexity index is 489. The first-order valence-corrected chi connectivity index (χ1v) is 6.57. The number of hydrogen-bond acceptors (Lipinski definition) is 2. The van der Waals surface area contributed by atoms with Crippen molar-refractivity contribution in [2.24, 2.45) is 0 Å².